The van der Waals surface area contributed by atoms with Crippen molar-refractivity contribution in [2.45, 2.75) is 18.9 Å². The van der Waals surface area contributed by atoms with Crippen LogP contribution in [0.4, 0.5) is 4.39 Å². The molecular formula is C10H13FN2O3S. The molecule has 0 aromatic heterocycles. The van der Waals surface area contributed by atoms with Crippen LogP contribution < -0.4 is 14.6 Å². The summed E-state index contributed by atoms with van der Waals surface area (Å²) in [6, 6.07) is 3.49. The molecular weight excluding hydrogens is 247 g/mol. The predicted molar refractivity (Wildman–Crippen MR) is 60.1 cm³/mol. The number of hydrogen-bond acceptors (Lipinski definition) is 3. The van der Waals surface area contributed by atoms with Crippen molar-refractivity contribution < 1.29 is 17.5 Å². The Morgan fingerprint density at radius 1 is 1.47 bits per heavy atom. The van der Waals surface area contributed by atoms with Gasteiger partial charge in [0, 0.05) is 5.56 Å². The van der Waals surface area contributed by atoms with Crippen molar-refractivity contribution in [2.75, 3.05) is 6.61 Å². The van der Waals surface area contributed by atoms with Crippen molar-refractivity contribution in [1.82, 2.24) is 4.72 Å². The summed E-state index contributed by atoms with van der Waals surface area (Å²) in [5, 5.41) is 4.94. The number of nitrogens with two attached hydrogens (primary N) is 1. The molecule has 1 aromatic carbocycles. The molecule has 1 aliphatic rings. The molecule has 0 saturated heterocycles. The zero-order valence-electron chi connectivity index (χ0n) is 9.02. The predicted octanol–water partition coefficient (Wildman–Crippen LogP) is 0.832. The Labute approximate surface area is 99.0 Å². The van der Waals surface area contributed by atoms with Gasteiger partial charge in [0.05, 0.1) is 12.6 Å². The monoisotopic (exact) mass is 260 g/mol. The van der Waals surface area contributed by atoms with E-state index < -0.39 is 22.1 Å². The maximum Gasteiger partial charge on any atom is 0.274 e. The molecule has 17 heavy (non-hydrogen) atoms. The van der Waals surface area contributed by atoms with E-state index in [1.54, 1.807) is 0 Å². The number of fused-ring (bicyclic) bond motifs is 1. The maximum absolute atomic E-state index is 13.2. The first-order valence-electron chi connectivity index (χ1n) is 5.18. The lowest BCUT2D eigenvalue weighted by Gasteiger charge is -2.16. The normalized spacial score (nSPS) is 20.2. The Morgan fingerprint density at radius 3 is 2.94 bits per heavy atom. The Bertz CT molecular complexity index is 518. The van der Waals surface area contributed by atoms with Crippen LogP contribution in [0.3, 0.4) is 0 Å². The van der Waals surface area contributed by atoms with Gasteiger partial charge in [-0.2, -0.15) is 13.1 Å². The van der Waals surface area contributed by atoms with Crippen LogP contribution in [0.25, 0.3) is 0 Å². The smallest absolute Gasteiger partial charge is 0.274 e. The van der Waals surface area contributed by atoms with Crippen molar-refractivity contribution in [3.63, 3.8) is 0 Å². The van der Waals surface area contributed by atoms with Gasteiger partial charge in [0.2, 0.25) is 0 Å². The Kier molecular flexibility index (Phi) is 3.32. The van der Waals surface area contributed by atoms with E-state index in [9.17, 15) is 12.8 Å². The fourth-order valence-corrected chi connectivity index (χ4v) is 2.51. The first-order chi connectivity index (χ1) is 7.96. The summed E-state index contributed by atoms with van der Waals surface area (Å²) >= 11 is 0. The van der Waals surface area contributed by atoms with Crippen molar-refractivity contribution in [1.29, 1.82) is 0 Å². The van der Waals surface area contributed by atoms with E-state index in [1.165, 1.54) is 18.2 Å². The van der Waals surface area contributed by atoms with Crippen LogP contribution >= 0.6 is 0 Å². The molecule has 1 aromatic rings. The fourth-order valence-electron chi connectivity index (χ4n) is 1.87. The first-order valence-corrected chi connectivity index (χ1v) is 6.72. The Morgan fingerprint density at radius 2 is 2.24 bits per heavy atom. The minimum absolute atomic E-state index is 0.435. The third-order valence-electron chi connectivity index (χ3n) is 2.55. The highest BCUT2D eigenvalue weighted by molar-refractivity contribution is 7.87. The van der Waals surface area contributed by atoms with Crippen LogP contribution in [-0.2, 0) is 10.2 Å². The third-order valence-corrected chi connectivity index (χ3v) is 3.16. The van der Waals surface area contributed by atoms with Gasteiger partial charge in [-0.1, -0.05) is 0 Å². The molecule has 5 nitrogen and oxygen atoms in total. The van der Waals surface area contributed by atoms with Gasteiger partial charge in [0.1, 0.15) is 11.6 Å². The van der Waals surface area contributed by atoms with Crippen molar-refractivity contribution in [3.05, 3.63) is 29.6 Å². The van der Waals surface area contributed by atoms with Gasteiger partial charge < -0.3 is 4.74 Å². The molecule has 2 rings (SSSR count). The molecule has 7 heteroatoms. The number of benzene rings is 1. The SMILES string of the molecule is NS(=O)(=O)N[C@H]1CCCOc2ccc(F)cc21. The molecule has 0 spiro atoms. The second-order valence-electron chi connectivity index (χ2n) is 3.89. The number of nitrogens with one attached hydrogen (secondary N) is 1. The van der Waals surface area contributed by atoms with Crippen LogP contribution in [-0.4, -0.2) is 15.0 Å². The standard InChI is InChI=1S/C10H13FN2O3S/c11-7-3-4-10-8(6-7)9(2-1-5-16-10)13-17(12,14)15/h3-4,6,9,13H,1-2,5H2,(H2,12,14,15)/t9-/m0/s1. The lowest BCUT2D eigenvalue weighted by atomic mass is 10.0. The number of hydrogen-bond donors (Lipinski definition) is 2. The van der Waals surface area contributed by atoms with Crippen molar-refractivity contribution in [3.8, 4) is 5.75 Å². The zero-order chi connectivity index (χ0) is 12.5. The highest BCUT2D eigenvalue weighted by Crippen LogP contribution is 2.32. The van der Waals surface area contributed by atoms with Crippen molar-refractivity contribution in [2.24, 2.45) is 5.14 Å². The summed E-state index contributed by atoms with van der Waals surface area (Å²) in [5.41, 5.74) is 0.483. The molecule has 0 aliphatic carbocycles. The van der Waals surface area contributed by atoms with E-state index in [4.69, 9.17) is 9.88 Å². The van der Waals surface area contributed by atoms with E-state index >= 15 is 0 Å². The van der Waals surface area contributed by atoms with E-state index in [-0.39, 0.29) is 0 Å². The highest BCUT2D eigenvalue weighted by atomic mass is 32.2. The highest BCUT2D eigenvalue weighted by Gasteiger charge is 2.23. The summed E-state index contributed by atoms with van der Waals surface area (Å²) in [7, 11) is -3.82. The summed E-state index contributed by atoms with van der Waals surface area (Å²) in [6.07, 6.45) is 1.19. The maximum atomic E-state index is 13.2. The van der Waals surface area contributed by atoms with Crippen LogP contribution in [0.2, 0.25) is 0 Å². The third kappa shape index (κ3) is 3.15. The summed E-state index contributed by atoms with van der Waals surface area (Å²) in [5.74, 6) is 0.0560. The van der Waals surface area contributed by atoms with Crippen LogP contribution in [0.5, 0.6) is 5.75 Å². The van der Waals surface area contributed by atoms with Gasteiger partial charge in [0.15, 0.2) is 0 Å². The minimum atomic E-state index is -3.82. The van der Waals surface area contributed by atoms with Gasteiger partial charge in [-0.25, -0.2) is 9.53 Å². The average Bonchev–Trinajstić information content (AvgIpc) is 2.39. The molecule has 94 valence electrons. The van der Waals surface area contributed by atoms with E-state index in [2.05, 4.69) is 4.72 Å². The molecule has 1 aliphatic heterocycles. The Balaban J connectivity index is 2.38. The molecule has 0 fully saturated rings. The van der Waals surface area contributed by atoms with Crippen LogP contribution in [0.15, 0.2) is 18.2 Å². The lowest BCUT2D eigenvalue weighted by molar-refractivity contribution is 0.315. The second-order valence-corrected chi connectivity index (χ2v) is 5.21. The molecule has 3 N–H and O–H groups in total. The molecule has 0 amide bonds. The molecule has 0 saturated carbocycles. The molecule has 0 unspecified atom stereocenters. The summed E-state index contributed by atoms with van der Waals surface area (Å²) < 4.78 is 42.9. The van der Waals surface area contributed by atoms with Crippen LogP contribution in [0, 0.1) is 5.82 Å². The topological polar surface area (TPSA) is 81.4 Å². The molecule has 1 heterocycles. The zero-order valence-corrected chi connectivity index (χ0v) is 9.84. The Hall–Kier alpha value is -1.18. The second kappa shape index (κ2) is 4.59. The number of rotatable bonds is 2. The number of ether oxygens (including phenoxy) is 1. The van der Waals surface area contributed by atoms with Gasteiger partial charge in [-0.3, -0.25) is 0 Å². The number of halogens is 1. The molecule has 0 radical (unpaired) electrons. The first kappa shape index (κ1) is 12.3. The van der Waals surface area contributed by atoms with Crippen molar-refractivity contribution >= 4 is 10.2 Å². The molecule has 0 bridgehead atoms. The lowest BCUT2D eigenvalue weighted by Crippen LogP contribution is -2.34. The van der Waals surface area contributed by atoms with Gasteiger partial charge in [0.25, 0.3) is 10.2 Å². The largest absolute Gasteiger partial charge is 0.493 e. The van der Waals surface area contributed by atoms with E-state index in [0.717, 1.165) is 0 Å². The quantitative estimate of drug-likeness (QED) is 0.826. The summed E-state index contributed by atoms with van der Waals surface area (Å²) in [4.78, 5) is 0. The fraction of sp³-hybridized carbons (Fsp3) is 0.400. The van der Waals surface area contributed by atoms with Gasteiger partial charge >= 0.3 is 0 Å². The van der Waals surface area contributed by atoms with E-state index in [0.29, 0.717) is 30.8 Å². The minimum Gasteiger partial charge on any atom is -0.493 e. The van der Waals surface area contributed by atoms with E-state index in [1.807, 2.05) is 0 Å². The van der Waals surface area contributed by atoms with Crippen LogP contribution in [0.1, 0.15) is 24.4 Å². The van der Waals surface area contributed by atoms with Gasteiger partial charge in [-0.15, -0.1) is 0 Å². The van der Waals surface area contributed by atoms with Gasteiger partial charge in [-0.05, 0) is 31.0 Å². The average molecular weight is 260 g/mol. The molecule has 1 atom stereocenters. The summed E-state index contributed by atoms with van der Waals surface area (Å²) in [6.45, 7) is 0.474.